The van der Waals surface area contributed by atoms with Crippen LogP contribution in [-0.4, -0.2) is 31.8 Å². The van der Waals surface area contributed by atoms with Crippen molar-refractivity contribution in [3.63, 3.8) is 0 Å². The van der Waals surface area contributed by atoms with Crippen LogP contribution in [0.3, 0.4) is 0 Å². The highest BCUT2D eigenvalue weighted by molar-refractivity contribution is 5.94. The molecule has 4 aromatic carbocycles. The van der Waals surface area contributed by atoms with Gasteiger partial charge >= 0.3 is 11.9 Å². The molecule has 7 heteroatoms. The fourth-order valence-electron chi connectivity index (χ4n) is 6.93. The van der Waals surface area contributed by atoms with Gasteiger partial charge in [0.1, 0.15) is 34.3 Å². The highest BCUT2D eigenvalue weighted by Gasteiger charge is 2.17. The zero-order chi connectivity index (χ0) is 42.5. The summed E-state index contributed by atoms with van der Waals surface area (Å²) in [6.45, 7) is 10.1. The lowest BCUT2D eigenvalue weighted by Gasteiger charge is -2.14. The van der Waals surface area contributed by atoms with Crippen molar-refractivity contribution in [1.82, 2.24) is 0 Å². The first-order valence-electron chi connectivity index (χ1n) is 22.9. The van der Waals surface area contributed by atoms with Gasteiger partial charge in [0.05, 0.1) is 25.4 Å². The standard InChI is InChI=1S/C53H70O7/c1-4-7-10-13-16-17-18-21-24-41-58-51-42-49(57-40-23-20-15-12-9-6-3)37-38-50(51)53(55)60-48-35-27-44(28-36-48)43-25-33-47(34-26-43)59-52(54)45-29-31-46(32-30-45)56-39-22-19-14-11-8-5-2/h4,25-38,42H,1,5-24,39-41H2,2-3H3. The van der Waals surface area contributed by atoms with Crippen LogP contribution in [0.5, 0.6) is 28.7 Å². The van der Waals surface area contributed by atoms with Crippen LogP contribution in [-0.2, 0) is 0 Å². The Hall–Kier alpha value is -5.04. The normalized spacial score (nSPS) is 10.9. The van der Waals surface area contributed by atoms with E-state index in [4.69, 9.17) is 23.7 Å². The topological polar surface area (TPSA) is 80.3 Å². The molecule has 60 heavy (non-hydrogen) atoms. The lowest BCUT2D eigenvalue weighted by atomic mass is 10.1. The number of allylic oxidation sites excluding steroid dienone is 1. The van der Waals surface area contributed by atoms with E-state index in [2.05, 4.69) is 20.4 Å². The van der Waals surface area contributed by atoms with E-state index in [0.717, 1.165) is 55.4 Å². The molecule has 0 aromatic heterocycles. The first-order valence-corrected chi connectivity index (χ1v) is 22.9. The Morgan fingerprint density at radius 3 is 1.38 bits per heavy atom. The average Bonchev–Trinajstić information content (AvgIpc) is 3.27. The molecule has 0 aliphatic carbocycles. The second kappa shape index (κ2) is 29.2. The summed E-state index contributed by atoms with van der Waals surface area (Å²) in [5, 5.41) is 0. The molecule has 0 unspecified atom stereocenters. The fraction of sp³-hybridized carbons (Fsp3) is 0.472. The molecule has 4 rings (SSSR count). The zero-order valence-corrected chi connectivity index (χ0v) is 36.6. The van der Waals surface area contributed by atoms with Gasteiger partial charge in [0.2, 0.25) is 0 Å². The van der Waals surface area contributed by atoms with E-state index in [1.807, 2.05) is 54.6 Å². The van der Waals surface area contributed by atoms with Gasteiger partial charge in [-0.25, -0.2) is 9.59 Å². The number of ether oxygens (including phenoxy) is 5. The Kier molecular flexibility index (Phi) is 23.2. The van der Waals surface area contributed by atoms with E-state index >= 15 is 0 Å². The van der Waals surface area contributed by atoms with Gasteiger partial charge < -0.3 is 23.7 Å². The number of carbonyl (C=O) groups excluding carboxylic acids is 2. The van der Waals surface area contributed by atoms with Crippen LogP contribution in [0.1, 0.15) is 163 Å². The summed E-state index contributed by atoms with van der Waals surface area (Å²) in [6, 6.07) is 27.1. The summed E-state index contributed by atoms with van der Waals surface area (Å²) in [5.74, 6) is 1.88. The molecule has 0 radical (unpaired) electrons. The smallest absolute Gasteiger partial charge is 0.347 e. The van der Waals surface area contributed by atoms with Gasteiger partial charge in [-0.3, -0.25) is 0 Å². The molecule has 4 aromatic rings. The van der Waals surface area contributed by atoms with E-state index in [-0.39, 0.29) is 0 Å². The summed E-state index contributed by atoms with van der Waals surface area (Å²) >= 11 is 0. The Labute approximate surface area is 360 Å². The molecular formula is C53H70O7. The van der Waals surface area contributed by atoms with E-state index in [0.29, 0.717) is 53.9 Å². The highest BCUT2D eigenvalue weighted by Crippen LogP contribution is 2.29. The van der Waals surface area contributed by atoms with Crippen LogP contribution in [0.15, 0.2) is 104 Å². The largest absolute Gasteiger partial charge is 0.494 e. The van der Waals surface area contributed by atoms with Crippen molar-refractivity contribution in [3.05, 3.63) is 115 Å². The van der Waals surface area contributed by atoms with Gasteiger partial charge in [0.15, 0.2) is 0 Å². The lowest BCUT2D eigenvalue weighted by molar-refractivity contribution is 0.0722. The number of benzene rings is 4. The number of hydrogen-bond donors (Lipinski definition) is 0. The summed E-state index contributed by atoms with van der Waals surface area (Å²) in [6.07, 6.45) is 25.6. The van der Waals surface area contributed by atoms with Crippen LogP contribution in [0.4, 0.5) is 0 Å². The first kappa shape index (κ1) is 47.6. The minimum Gasteiger partial charge on any atom is -0.494 e. The van der Waals surface area contributed by atoms with Crippen molar-refractivity contribution in [1.29, 1.82) is 0 Å². The maximum atomic E-state index is 13.5. The molecule has 0 atom stereocenters. The molecule has 0 fully saturated rings. The van der Waals surface area contributed by atoms with Crippen molar-refractivity contribution < 1.29 is 33.3 Å². The van der Waals surface area contributed by atoms with Gasteiger partial charge in [-0.1, -0.05) is 141 Å². The van der Waals surface area contributed by atoms with Gasteiger partial charge in [-0.2, -0.15) is 0 Å². The van der Waals surface area contributed by atoms with Crippen LogP contribution in [0, 0.1) is 0 Å². The Bertz CT molecular complexity index is 1780. The van der Waals surface area contributed by atoms with Crippen LogP contribution in [0.25, 0.3) is 11.1 Å². The number of esters is 2. The molecule has 0 bridgehead atoms. The quantitative estimate of drug-likeness (QED) is 0.0210. The van der Waals surface area contributed by atoms with Gasteiger partial charge in [-0.05, 0) is 104 Å². The minimum absolute atomic E-state index is 0.367. The van der Waals surface area contributed by atoms with E-state index in [1.54, 1.807) is 42.5 Å². The van der Waals surface area contributed by atoms with Gasteiger partial charge in [0.25, 0.3) is 0 Å². The van der Waals surface area contributed by atoms with Crippen molar-refractivity contribution in [2.45, 2.75) is 142 Å². The Morgan fingerprint density at radius 2 is 0.867 bits per heavy atom. The lowest BCUT2D eigenvalue weighted by Crippen LogP contribution is -2.12. The molecule has 0 amide bonds. The minimum atomic E-state index is -0.485. The highest BCUT2D eigenvalue weighted by atomic mass is 16.5. The summed E-state index contributed by atoms with van der Waals surface area (Å²) in [5.41, 5.74) is 2.68. The molecule has 0 saturated carbocycles. The molecule has 0 aliphatic heterocycles. The number of carbonyl (C=O) groups is 2. The maximum absolute atomic E-state index is 13.5. The molecule has 0 saturated heterocycles. The molecular weight excluding hydrogens is 749 g/mol. The number of hydrogen-bond acceptors (Lipinski definition) is 7. The van der Waals surface area contributed by atoms with Crippen molar-refractivity contribution >= 4 is 11.9 Å². The molecule has 0 aliphatic rings. The molecule has 0 N–H and O–H groups in total. The third kappa shape index (κ3) is 18.5. The number of rotatable bonds is 32. The van der Waals surface area contributed by atoms with Crippen molar-refractivity contribution in [3.8, 4) is 39.9 Å². The number of unbranched alkanes of at least 4 members (excludes halogenated alkanes) is 17. The summed E-state index contributed by atoms with van der Waals surface area (Å²) in [7, 11) is 0. The predicted molar refractivity (Wildman–Crippen MR) is 245 cm³/mol. The molecule has 0 heterocycles. The van der Waals surface area contributed by atoms with E-state index in [1.165, 1.54) is 89.9 Å². The summed E-state index contributed by atoms with van der Waals surface area (Å²) < 4.78 is 29.6. The van der Waals surface area contributed by atoms with Crippen molar-refractivity contribution in [2.75, 3.05) is 19.8 Å². The maximum Gasteiger partial charge on any atom is 0.347 e. The van der Waals surface area contributed by atoms with E-state index in [9.17, 15) is 9.59 Å². The molecule has 0 spiro atoms. The average molecular weight is 819 g/mol. The molecule has 7 nitrogen and oxygen atoms in total. The Morgan fingerprint density at radius 1 is 0.450 bits per heavy atom. The van der Waals surface area contributed by atoms with Gasteiger partial charge in [0, 0.05) is 6.07 Å². The van der Waals surface area contributed by atoms with Gasteiger partial charge in [-0.15, -0.1) is 6.58 Å². The third-order valence-corrected chi connectivity index (χ3v) is 10.6. The molecule has 324 valence electrons. The van der Waals surface area contributed by atoms with Crippen LogP contribution in [0.2, 0.25) is 0 Å². The second-order valence-corrected chi connectivity index (χ2v) is 15.6. The summed E-state index contributed by atoms with van der Waals surface area (Å²) in [4.78, 5) is 26.3. The predicted octanol–water partition coefficient (Wildman–Crippen LogP) is 15.0. The zero-order valence-electron chi connectivity index (χ0n) is 36.6. The first-order chi connectivity index (χ1) is 29.5. The van der Waals surface area contributed by atoms with Crippen molar-refractivity contribution in [2.24, 2.45) is 0 Å². The Balaban J connectivity index is 1.27. The fourth-order valence-corrected chi connectivity index (χ4v) is 6.93. The van der Waals surface area contributed by atoms with Crippen LogP contribution < -0.4 is 23.7 Å². The third-order valence-electron chi connectivity index (χ3n) is 10.6. The van der Waals surface area contributed by atoms with Crippen LogP contribution >= 0.6 is 0 Å². The SMILES string of the molecule is C=CCCCCCCCCCOc1cc(OCCCCCCCC)ccc1C(=O)Oc1ccc(-c2ccc(OC(=O)c3ccc(OCCCCCCCC)cc3)cc2)cc1. The second-order valence-electron chi connectivity index (χ2n) is 15.6. The monoisotopic (exact) mass is 819 g/mol. The van der Waals surface area contributed by atoms with E-state index < -0.39 is 11.9 Å².